The highest BCUT2D eigenvalue weighted by molar-refractivity contribution is 7.99. The number of benzene rings is 1. The van der Waals surface area contributed by atoms with E-state index in [1.165, 1.54) is 0 Å². The number of carbonyl (C=O) groups is 3. The van der Waals surface area contributed by atoms with Gasteiger partial charge in [0, 0.05) is 35.9 Å². The summed E-state index contributed by atoms with van der Waals surface area (Å²) in [6, 6.07) is 7.05. The van der Waals surface area contributed by atoms with E-state index in [0.717, 1.165) is 10.9 Å². The van der Waals surface area contributed by atoms with Gasteiger partial charge in [0.25, 0.3) is 5.91 Å². The Hall–Kier alpha value is -2.48. The number of aromatic amines is 1. The maximum Gasteiger partial charge on any atom is 0.308 e. The third kappa shape index (κ3) is 3.29. The first-order chi connectivity index (χ1) is 13.1. The molecule has 8 heteroatoms. The number of para-hydroxylation sites is 1. The number of aliphatic carboxylic acids is 1. The van der Waals surface area contributed by atoms with E-state index in [2.05, 4.69) is 4.98 Å². The highest BCUT2D eigenvalue weighted by Gasteiger charge is 2.39. The number of carboxylic acid groups (broad SMARTS) is 1. The van der Waals surface area contributed by atoms with Crippen molar-refractivity contribution in [3.63, 3.8) is 0 Å². The summed E-state index contributed by atoms with van der Waals surface area (Å²) in [4.78, 5) is 43.8. The lowest BCUT2D eigenvalue weighted by Gasteiger charge is -2.34. The molecule has 0 saturated carbocycles. The van der Waals surface area contributed by atoms with Gasteiger partial charge >= 0.3 is 5.97 Å². The van der Waals surface area contributed by atoms with Gasteiger partial charge in [-0.05, 0) is 18.9 Å². The molecule has 0 aliphatic carbocycles. The third-order valence-corrected chi connectivity index (χ3v) is 6.34. The Morgan fingerprint density at radius 2 is 2.04 bits per heavy atom. The van der Waals surface area contributed by atoms with E-state index in [1.54, 1.807) is 27.8 Å². The molecule has 2 aliphatic rings. The second-order valence-electron chi connectivity index (χ2n) is 7.00. The fourth-order valence-corrected chi connectivity index (χ4v) is 4.99. The van der Waals surface area contributed by atoms with Crippen LogP contribution < -0.4 is 0 Å². The van der Waals surface area contributed by atoms with Crippen molar-refractivity contribution in [2.45, 2.75) is 18.9 Å². The summed E-state index contributed by atoms with van der Waals surface area (Å²) in [7, 11) is 0. The molecule has 2 N–H and O–H groups in total. The predicted molar refractivity (Wildman–Crippen MR) is 103 cm³/mol. The molecule has 4 rings (SSSR count). The van der Waals surface area contributed by atoms with Crippen LogP contribution >= 0.6 is 11.8 Å². The van der Waals surface area contributed by atoms with Gasteiger partial charge in [0.1, 0.15) is 6.04 Å². The lowest BCUT2D eigenvalue weighted by atomic mass is 9.97. The second-order valence-corrected chi connectivity index (χ2v) is 8.00. The van der Waals surface area contributed by atoms with Crippen molar-refractivity contribution in [3.8, 4) is 0 Å². The van der Waals surface area contributed by atoms with Gasteiger partial charge in [0.05, 0.1) is 17.4 Å². The highest BCUT2D eigenvalue weighted by Crippen LogP contribution is 2.28. The van der Waals surface area contributed by atoms with Crippen molar-refractivity contribution in [1.82, 2.24) is 14.8 Å². The molecule has 2 aromatic rings. The SMILES string of the molecule is O=C(O)C1CCCN(C(=O)C2CSCN2C(=O)c2c[nH]c3ccccc23)C1. The molecule has 0 radical (unpaired) electrons. The first kappa shape index (κ1) is 17.9. The smallest absolute Gasteiger partial charge is 0.308 e. The lowest BCUT2D eigenvalue weighted by Crippen LogP contribution is -2.52. The number of rotatable bonds is 3. The van der Waals surface area contributed by atoms with Gasteiger partial charge in [-0.3, -0.25) is 14.4 Å². The van der Waals surface area contributed by atoms with Crippen molar-refractivity contribution in [2.75, 3.05) is 24.7 Å². The number of amides is 2. The standard InChI is InChI=1S/C19H21N3O4S/c23-17(14-8-20-15-6-2-1-5-13(14)15)22-11-27-10-16(22)18(24)21-7-3-4-12(9-21)19(25)26/h1-2,5-6,8,12,16,20H,3-4,7,9-11H2,(H,25,26). The van der Waals surface area contributed by atoms with Crippen LogP contribution in [0.4, 0.5) is 0 Å². The first-order valence-corrected chi connectivity index (χ1v) is 10.2. The Morgan fingerprint density at radius 1 is 1.22 bits per heavy atom. The zero-order valence-electron chi connectivity index (χ0n) is 14.8. The van der Waals surface area contributed by atoms with E-state index >= 15 is 0 Å². The molecule has 1 aromatic carbocycles. The quantitative estimate of drug-likeness (QED) is 0.840. The molecule has 7 nitrogen and oxygen atoms in total. The van der Waals surface area contributed by atoms with E-state index < -0.39 is 17.9 Å². The maximum atomic E-state index is 13.1. The second kappa shape index (κ2) is 7.26. The number of hydrogen-bond acceptors (Lipinski definition) is 4. The first-order valence-electron chi connectivity index (χ1n) is 9.02. The summed E-state index contributed by atoms with van der Waals surface area (Å²) in [5, 5.41) is 10.1. The molecule has 2 atom stereocenters. The summed E-state index contributed by atoms with van der Waals surface area (Å²) < 4.78 is 0. The van der Waals surface area contributed by atoms with Crippen LogP contribution in [0.15, 0.2) is 30.5 Å². The minimum absolute atomic E-state index is 0.140. The van der Waals surface area contributed by atoms with Crippen molar-refractivity contribution in [1.29, 1.82) is 0 Å². The number of H-pyrrole nitrogens is 1. The van der Waals surface area contributed by atoms with E-state index in [4.69, 9.17) is 0 Å². The van der Waals surface area contributed by atoms with Crippen LogP contribution in [0.25, 0.3) is 10.9 Å². The number of piperidine rings is 1. The van der Waals surface area contributed by atoms with E-state index in [-0.39, 0.29) is 18.4 Å². The molecule has 3 heterocycles. The molecule has 0 spiro atoms. The van der Waals surface area contributed by atoms with Crippen molar-refractivity contribution < 1.29 is 19.5 Å². The molecular weight excluding hydrogens is 366 g/mol. The minimum atomic E-state index is -0.861. The van der Waals surface area contributed by atoms with Crippen LogP contribution in [-0.2, 0) is 9.59 Å². The average molecular weight is 387 g/mol. The average Bonchev–Trinajstić information content (AvgIpc) is 3.34. The van der Waals surface area contributed by atoms with Gasteiger partial charge in [-0.25, -0.2) is 0 Å². The van der Waals surface area contributed by atoms with Gasteiger partial charge in [-0.1, -0.05) is 18.2 Å². The molecule has 2 unspecified atom stereocenters. The van der Waals surface area contributed by atoms with Crippen LogP contribution in [0.1, 0.15) is 23.2 Å². The third-order valence-electron chi connectivity index (χ3n) is 5.33. The predicted octanol–water partition coefficient (Wildman–Crippen LogP) is 2.01. The molecule has 2 fully saturated rings. The molecule has 2 saturated heterocycles. The number of carboxylic acids is 1. The summed E-state index contributed by atoms with van der Waals surface area (Å²) in [5.41, 5.74) is 1.45. The fourth-order valence-electron chi connectivity index (χ4n) is 3.84. The molecule has 0 bridgehead atoms. The normalized spacial score (nSPS) is 23.0. The maximum absolute atomic E-state index is 13.1. The van der Waals surface area contributed by atoms with Crippen LogP contribution in [0, 0.1) is 5.92 Å². The molecular formula is C19H21N3O4S. The molecule has 2 amide bonds. The van der Waals surface area contributed by atoms with Gasteiger partial charge < -0.3 is 19.9 Å². The number of carbonyl (C=O) groups excluding carboxylic acids is 2. The zero-order chi connectivity index (χ0) is 19.0. The minimum Gasteiger partial charge on any atom is -0.481 e. The van der Waals surface area contributed by atoms with Crippen molar-refractivity contribution >= 4 is 40.4 Å². The van der Waals surface area contributed by atoms with Crippen molar-refractivity contribution in [3.05, 3.63) is 36.0 Å². The monoisotopic (exact) mass is 387 g/mol. The number of nitrogens with zero attached hydrogens (tertiary/aromatic N) is 2. The molecule has 27 heavy (non-hydrogen) atoms. The van der Waals surface area contributed by atoms with Crippen LogP contribution in [-0.4, -0.2) is 68.4 Å². The van der Waals surface area contributed by atoms with Gasteiger partial charge in [0.15, 0.2) is 0 Å². The number of likely N-dealkylation sites (tertiary alicyclic amines) is 1. The lowest BCUT2D eigenvalue weighted by molar-refractivity contribution is -0.146. The summed E-state index contributed by atoms with van der Waals surface area (Å²) in [5.74, 6) is -0.678. The van der Waals surface area contributed by atoms with Gasteiger partial charge in [-0.15, -0.1) is 11.8 Å². The number of nitrogens with one attached hydrogen (secondary N) is 1. The number of thioether (sulfide) groups is 1. The summed E-state index contributed by atoms with van der Waals surface area (Å²) in [6.45, 7) is 0.781. The molecule has 142 valence electrons. The highest BCUT2D eigenvalue weighted by atomic mass is 32.2. The van der Waals surface area contributed by atoms with Crippen LogP contribution in [0.2, 0.25) is 0 Å². The fraction of sp³-hybridized carbons (Fsp3) is 0.421. The van der Waals surface area contributed by atoms with Crippen LogP contribution in [0.5, 0.6) is 0 Å². The van der Waals surface area contributed by atoms with Crippen LogP contribution in [0.3, 0.4) is 0 Å². The topological polar surface area (TPSA) is 93.7 Å². The zero-order valence-corrected chi connectivity index (χ0v) is 15.6. The number of hydrogen-bond donors (Lipinski definition) is 2. The Labute approximate surface area is 160 Å². The summed E-state index contributed by atoms with van der Waals surface area (Å²) in [6.07, 6.45) is 2.97. The Bertz CT molecular complexity index is 896. The Morgan fingerprint density at radius 3 is 2.85 bits per heavy atom. The molecule has 1 aromatic heterocycles. The van der Waals surface area contributed by atoms with Gasteiger partial charge in [0.2, 0.25) is 5.91 Å². The Kier molecular flexibility index (Phi) is 4.82. The summed E-state index contributed by atoms with van der Waals surface area (Å²) >= 11 is 1.55. The van der Waals surface area contributed by atoms with Gasteiger partial charge in [-0.2, -0.15) is 0 Å². The number of aromatic nitrogens is 1. The van der Waals surface area contributed by atoms with Crippen molar-refractivity contribution in [2.24, 2.45) is 5.92 Å². The van der Waals surface area contributed by atoms with E-state index in [1.807, 2.05) is 24.3 Å². The number of fused-ring (bicyclic) bond motifs is 1. The largest absolute Gasteiger partial charge is 0.481 e. The van der Waals surface area contributed by atoms with E-state index in [0.29, 0.717) is 36.6 Å². The Balaban J connectivity index is 1.54. The van der Waals surface area contributed by atoms with E-state index in [9.17, 15) is 19.5 Å². The molecule has 2 aliphatic heterocycles.